The van der Waals surface area contributed by atoms with E-state index in [1.165, 1.54) is 0 Å². The predicted molar refractivity (Wildman–Crippen MR) is 56.3 cm³/mol. The summed E-state index contributed by atoms with van der Waals surface area (Å²) >= 11 is 3.76. The molecule has 0 N–H and O–H groups in total. The van der Waals surface area contributed by atoms with Gasteiger partial charge in [-0.1, -0.05) is 13.3 Å². The molecule has 0 rings (SSSR count). The molecule has 0 saturated heterocycles. The van der Waals surface area contributed by atoms with Crippen molar-refractivity contribution in [1.82, 2.24) is 0 Å². The van der Waals surface area contributed by atoms with Gasteiger partial charge in [-0.15, -0.1) is 0 Å². The first kappa shape index (κ1) is 16.0. The third-order valence-corrected chi connectivity index (χ3v) is 1.52. The van der Waals surface area contributed by atoms with E-state index < -0.39 is 0 Å². The van der Waals surface area contributed by atoms with Crippen LogP contribution in [0.15, 0.2) is 0 Å². The first-order chi connectivity index (χ1) is 5.81. The molecule has 3 radical (unpaired) electrons. The first-order valence-corrected chi connectivity index (χ1v) is 4.78. The molecular formula is C8H16O3SSb. The maximum Gasteiger partial charge on any atom is 0.315 e. The molecule has 0 aliphatic carbocycles. The number of thiol groups is 1. The van der Waals surface area contributed by atoms with E-state index in [-0.39, 0.29) is 36.2 Å². The zero-order valence-corrected chi connectivity index (χ0v) is 11.3. The molecule has 0 aromatic rings. The predicted octanol–water partition coefficient (Wildman–Crippen LogP) is 0.895. The number of carbonyl (C=O) groups is 1. The zero-order valence-electron chi connectivity index (χ0n) is 7.86. The smallest absolute Gasteiger partial charge is 0.315 e. The van der Waals surface area contributed by atoms with Gasteiger partial charge in [0.05, 0.1) is 12.4 Å². The van der Waals surface area contributed by atoms with Gasteiger partial charge in [-0.2, -0.15) is 12.6 Å². The van der Waals surface area contributed by atoms with E-state index in [0.717, 1.165) is 19.4 Å². The normalized spacial score (nSPS) is 9.08. The Kier molecular flexibility index (Phi) is 15.5. The van der Waals surface area contributed by atoms with Gasteiger partial charge in [0.2, 0.25) is 0 Å². The quantitative estimate of drug-likeness (QED) is 0.328. The summed E-state index contributed by atoms with van der Waals surface area (Å²) in [6.07, 6.45) is 2.18. The van der Waals surface area contributed by atoms with Crippen molar-refractivity contribution in [2.24, 2.45) is 0 Å². The Hall–Kier alpha value is 0.598. The summed E-state index contributed by atoms with van der Waals surface area (Å²) in [6.45, 7) is 3.67. The van der Waals surface area contributed by atoms with E-state index in [4.69, 9.17) is 9.47 Å². The minimum atomic E-state index is -0.294. The molecule has 0 amide bonds. The van der Waals surface area contributed by atoms with E-state index in [2.05, 4.69) is 19.6 Å². The molecule has 5 heteroatoms. The van der Waals surface area contributed by atoms with E-state index in [9.17, 15) is 4.79 Å². The summed E-state index contributed by atoms with van der Waals surface area (Å²) in [4.78, 5) is 10.5. The molecule has 0 aliphatic heterocycles. The van der Waals surface area contributed by atoms with Gasteiger partial charge in [-0.3, -0.25) is 4.79 Å². The fourth-order valence-corrected chi connectivity index (χ4v) is 0.700. The Balaban J connectivity index is 0. The van der Waals surface area contributed by atoms with Gasteiger partial charge < -0.3 is 9.47 Å². The van der Waals surface area contributed by atoms with Crippen LogP contribution in [0.4, 0.5) is 0 Å². The molecule has 0 aromatic heterocycles. The molecule has 0 fully saturated rings. The summed E-state index contributed by atoms with van der Waals surface area (Å²) in [7, 11) is 0. The van der Waals surface area contributed by atoms with E-state index in [0.29, 0.717) is 13.2 Å². The van der Waals surface area contributed by atoms with E-state index in [1.807, 2.05) is 0 Å². The summed E-state index contributed by atoms with van der Waals surface area (Å²) in [5, 5.41) is 0. The second kappa shape index (κ2) is 12.6. The van der Waals surface area contributed by atoms with Crippen molar-refractivity contribution in [1.29, 1.82) is 0 Å². The van der Waals surface area contributed by atoms with Crippen LogP contribution in [0.25, 0.3) is 0 Å². The minimum absolute atomic E-state index is 0. The third-order valence-electron chi connectivity index (χ3n) is 1.26. The van der Waals surface area contributed by atoms with Crippen LogP contribution in [0.2, 0.25) is 0 Å². The summed E-state index contributed by atoms with van der Waals surface area (Å²) in [6, 6.07) is 0. The Morgan fingerprint density at radius 2 is 2.00 bits per heavy atom. The van der Waals surface area contributed by atoms with Gasteiger partial charge >= 0.3 is 5.97 Å². The molecular weight excluding hydrogens is 298 g/mol. The minimum Gasteiger partial charge on any atom is -0.463 e. The van der Waals surface area contributed by atoms with Gasteiger partial charge in [-0.25, -0.2) is 0 Å². The molecule has 13 heavy (non-hydrogen) atoms. The van der Waals surface area contributed by atoms with Crippen molar-refractivity contribution in [2.45, 2.75) is 19.8 Å². The molecule has 77 valence electrons. The zero-order chi connectivity index (χ0) is 9.23. The van der Waals surface area contributed by atoms with Gasteiger partial charge in [0.25, 0.3) is 0 Å². The second-order valence-electron chi connectivity index (χ2n) is 2.34. The maximum absolute atomic E-state index is 10.5. The standard InChI is InChI=1S/C8H16O3S.Sb/c1-2-3-4-10-5-6-11-8(9)7-12;/h12H,2-7H2,1H3;. The molecule has 0 atom stereocenters. The van der Waals surface area contributed by atoms with Gasteiger partial charge in [-0.05, 0) is 6.42 Å². The van der Waals surface area contributed by atoms with Crippen LogP contribution < -0.4 is 0 Å². The third kappa shape index (κ3) is 12.6. The van der Waals surface area contributed by atoms with Crippen molar-refractivity contribution in [3.05, 3.63) is 0 Å². The molecule has 3 nitrogen and oxygen atoms in total. The summed E-state index contributed by atoms with van der Waals surface area (Å²) in [5.74, 6) is -0.160. The molecule has 0 heterocycles. The first-order valence-electron chi connectivity index (χ1n) is 4.15. The molecule has 0 spiro atoms. The maximum atomic E-state index is 10.5. The molecule has 0 saturated carbocycles. The Labute approximate surface area is 102 Å². The van der Waals surface area contributed by atoms with Crippen LogP contribution in [0.5, 0.6) is 0 Å². The Bertz CT molecular complexity index is 122. The number of esters is 1. The molecule has 0 aromatic carbocycles. The van der Waals surface area contributed by atoms with Gasteiger partial charge in [0.1, 0.15) is 6.61 Å². The summed E-state index contributed by atoms with van der Waals surface area (Å²) < 4.78 is 9.90. The van der Waals surface area contributed by atoms with Crippen molar-refractivity contribution >= 4 is 43.0 Å². The Morgan fingerprint density at radius 3 is 2.54 bits per heavy atom. The monoisotopic (exact) mass is 313 g/mol. The fraction of sp³-hybridized carbons (Fsp3) is 0.875. The van der Waals surface area contributed by atoms with Crippen molar-refractivity contribution in [3.63, 3.8) is 0 Å². The number of hydrogen-bond acceptors (Lipinski definition) is 4. The number of ether oxygens (including phenoxy) is 2. The molecule has 0 aliphatic rings. The van der Waals surface area contributed by atoms with Crippen LogP contribution >= 0.6 is 12.6 Å². The second-order valence-corrected chi connectivity index (χ2v) is 2.66. The van der Waals surface area contributed by atoms with E-state index in [1.54, 1.807) is 0 Å². The van der Waals surface area contributed by atoms with Gasteiger partial charge in [0.15, 0.2) is 0 Å². The van der Waals surface area contributed by atoms with Gasteiger partial charge in [0, 0.05) is 31.0 Å². The average molecular weight is 314 g/mol. The SMILES string of the molecule is CCCCOCCOC(=O)CS.[Sb]. The van der Waals surface area contributed by atoms with Crippen molar-refractivity contribution < 1.29 is 14.3 Å². The largest absolute Gasteiger partial charge is 0.463 e. The fourth-order valence-electron chi connectivity index (χ4n) is 0.609. The number of carbonyl (C=O) groups excluding carboxylic acids is 1. The van der Waals surface area contributed by atoms with Crippen LogP contribution in [-0.4, -0.2) is 56.0 Å². The Morgan fingerprint density at radius 1 is 1.31 bits per heavy atom. The van der Waals surface area contributed by atoms with Crippen molar-refractivity contribution in [3.8, 4) is 0 Å². The van der Waals surface area contributed by atoms with Crippen LogP contribution in [-0.2, 0) is 14.3 Å². The molecule has 0 unspecified atom stereocenters. The van der Waals surface area contributed by atoms with Crippen LogP contribution in [0.1, 0.15) is 19.8 Å². The van der Waals surface area contributed by atoms with Crippen molar-refractivity contribution in [2.75, 3.05) is 25.6 Å². The van der Waals surface area contributed by atoms with Crippen LogP contribution in [0, 0.1) is 0 Å². The number of unbranched alkanes of at least 4 members (excludes halogenated alkanes) is 1. The topological polar surface area (TPSA) is 35.5 Å². The number of hydrogen-bond donors (Lipinski definition) is 1. The number of rotatable bonds is 7. The molecule has 0 bridgehead atoms. The summed E-state index contributed by atoms with van der Waals surface area (Å²) in [5.41, 5.74) is 0. The van der Waals surface area contributed by atoms with E-state index >= 15 is 0 Å². The van der Waals surface area contributed by atoms with Crippen LogP contribution in [0.3, 0.4) is 0 Å². The average Bonchev–Trinajstić information content (AvgIpc) is 2.10.